The van der Waals surface area contributed by atoms with Gasteiger partial charge in [-0.15, -0.1) is 0 Å². The summed E-state index contributed by atoms with van der Waals surface area (Å²) < 4.78 is 0. The topological polar surface area (TPSA) is 114 Å². The van der Waals surface area contributed by atoms with E-state index in [4.69, 9.17) is 15.6 Å². The number of nitrogens with one attached hydrogen (secondary N) is 1. The summed E-state index contributed by atoms with van der Waals surface area (Å²) in [5.74, 6) is -2.21. The number of hydrogen-bond acceptors (Lipinski definition) is 4. The standard InChI is InChI=1S/C14H13N3O3/c1-9(7-15)6-12(14(19)20)17-13(18)11-4-2-10(8-16)3-5-11/h2-5,9,12H,6H2,1H3,(H,17,18)(H,19,20)/t9-,12-/m1/s1. The molecule has 1 rings (SSSR count). The fraction of sp³-hybridized carbons (Fsp3) is 0.286. The van der Waals surface area contributed by atoms with Gasteiger partial charge in [-0.2, -0.15) is 10.5 Å². The summed E-state index contributed by atoms with van der Waals surface area (Å²) in [6.07, 6.45) is 0.0356. The Morgan fingerprint density at radius 2 is 1.90 bits per heavy atom. The van der Waals surface area contributed by atoms with Gasteiger partial charge in [0.1, 0.15) is 6.04 Å². The summed E-state index contributed by atoms with van der Waals surface area (Å²) in [4.78, 5) is 22.9. The van der Waals surface area contributed by atoms with Crippen LogP contribution in [0.1, 0.15) is 29.3 Å². The molecule has 2 atom stereocenters. The quantitative estimate of drug-likeness (QED) is 0.837. The van der Waals surface area contributed by atoms with Crippen LogP contribution in [0.15, 0.2) is 24.3 Å². The Kier molecular flexibility index (Phi) is 5.25. The molecular weight excluding hydrogens is 258 g/mol. The lowest BCUT2D eigenvalue weighted by molar-refractivity contribution is -0.139. The Morgan fingerprint density at radius 1 is 1.30 bits per heavy atom. The number of carbonyl (C=O) groups excluding carboxylic acids is 1. The Labute approximate surface area is 116 Å². The number of nitriles is 2. The molecule has 0 fully saturated rings. The molecule has 0 heterocycles. The van der Waals surface area contributed by atoms with Crippen molar-refractivity contribution in [3.05, 3.63) is 35.4 Å². The van der Waals surface area contributed by atoms with Crippen LogP contribution in [0, 0.1) is 28.6 Å². The van der Waals surface area contributed by atoms with Crippen molar-refractivity contribution in [3.8, 4) is 12.1 Å². The first kappa shape index (κ1) is 15.2. The molecule has 0 aliphatic heterocycles. The van der Waals surface area contributed by atoms with Gasteiger partial charge in [0.25, 0.3) is 5.91 Å². The maximum absolute atomic E-state index is 11.9. The van der Waals surface area contributed by atoms with Gasteiger partial charge in [-0.25, -0.2) is 4.79 Å². The third-order valence-corrected chi connectivity index (χ3v) is 2.69. The fourth-order valence-corrected chi connectivity index (χ4v) is 1.57. The number of amides is 1. The van der Waals surface area contributed by atoms with Crippen molar-refractivity contribution >= 4 is 11.9 Å². The molecule has 0 spiro atoms. The normalized spacial score (nSPS) is 12.6. The van der Waals surface area contributed by atoms with Gasteiger partial charge in [0, 0.05) is 11.5 Å². The van der Waals surface area contributed by atoms with Crippen LogP contribution in [0.25, 0.3) is 0 Å². The number of hydrogen-bond donors (Lipinski definition) is 2. The molecular formula is C14H13N3O3. The van der Waals surface area contributed by atoms with Crippen LogP contribution in [0.2, 0.25) is 0 Å². The maximum Gasteiger partial charge on any atom is 0.326 e. The van der Waals surface area contributed by atoms with Crippen LogP contribution in [-0.4, -0.2) is 23.0 Å². The van der Waals surface area contributed by atoms with Crippen LogP contribution in [0.5, 0.6) is 0 Å². The van der Waals surface area contributed by atoms with Crippen molar-refractivity contribution in [3.63, 3.8) is 0 Å². The number of carbonyl (C=O) groups is 2. The third-order valence-electron chi connectivity index (χ3n) is 2.69. The highest BCUT2D eigenvalue weighted by Gasteiger charge is 2.22. The zero-order valence-corrected chi connectivity index (χ0v) is 10.8. The third kappa shape index (κ3) is 4.11. The summed E-state index contributed by atoms with van der Waals surface area (Å²) in [7, 11) is 0. The van der Waals surface area contributed by atoms with Crippen molar-refractivity contribution in [2.45, 2.75) is 19.4 Å². The van der Waals surface area contributed by atoms with Crippen LogP contribution in [0.4, 0.5) is 0 Å². The van der Waals surface area contributed by atoms with E-state index < -0.39 is 23.8 Å². The smallest absolute Gasteiger partial charge is 0.326 e. The Hall–Kier alpha value is -2.86. The molecule has 0 aliphatic rings. The highest BCUT2D eigenvalue weighted by atomic mass is 16.4. The minimum atomic E-state index is -1.19. The maximum atomic E-state index is 11.9. The minimum absolute atomic E-state index is 0.0356. The molecule has 1 aromatic carbocycles. The van der Waals surface area contributed by atoms with E-state index in [1.54, 1.807) is 6.92 Å². The monoisotopic (exact) mass is 271 g/mol. The largest absolute Gasteiger partial charge is 0.480 e. The molecule has 102 valence electrons. The first-order chi connectivity index (χ1) is 9.47. The first-order valence-electron chi connectivity index (χ1n) is 5.91. The summed E-state index contributed by atoms with van der Waals surface area (Å²) in [6.45, 7) is 1.59. The van der Waals surface area contributed by atoms with Crippen LogP contribution in [-0.2, 0) is 4.79 Å². The predicted molar refractivity (Wildman–Crippen MR) is 69.4 cm³/mol. The van der Waals surface area contributed by atoms with Crippen LogP contribution >= 0.6 is 0 Å². The van der Waals surface area contributed by atoms with Gasteiger partial charge in [0.2, 0.25) is 0 Å². The second-order valence-electron chi connectivity index (χ2n) is 4.32. The number of nitrogens with zero attached hydrogens (tertiary/aromatic N) is 2. The van der Waals surface area contributed by atoms with Gasteiger partial charge in [-0.3, -0.25) is 4.79 Å². The SMILES string of the molecule is C[C@@H](C#N)C[C@@H](NC(=O)c1ccc(C#N)cc1)C(=O)O. The van der Waals surface area contributed by atoms with Gasteiger partial charge in [0.05, 0.1) is 17.7 Å². The molecule has 0 saturated heterocycles. The van der Waals surface area contributed by atoms with Crippen molar-refractivity contribution in [1.29, 1.82) is 10.5 Å². The minimum Gasteiger partial charge on any atom is -0.480 e. The average Bonchev–Trinajstić information content (AvgIpc) is 2.46. The van der Waals surface area contributed by atoms with Gasteiger partial charge < -0.3 is 10.4 Å². The Morgan fingerprint density at radius 3 is 2.35 bits per heavy atom. The molecule has 2 N–H and O–H groups in total. The van der Waals surface area contributed by atoms with Crippen molar-refractivity contribution in [2.24, 2.45) is 5.92 Å². The molecule has 20 heavy (non-hydrogen) atoms. The first-order valence-corrected chi connectivity index (χ1v) is 5.91. The number of rotatable bonds is 5. The molecule has 6 nitrogen and oxygen atoms in total. The molecule has 0 aliphatic carbocycles. The second kappa shape index (κ2) is 6.91. The van der Waals surface area contributed by atoms with Gasteiger partial charge in [-0.05, 0) is 37.6 Å². The van der Waals surface area contributed by atoms with Gasteiger partial charge in [0.15, 0.2) is 0 Å². The molecule has 0 aromatic heterocycles. The van der Waals surface area contributed by atoms with Crippen LogP contribution < -0.4 is 5.32 Å². The zero-order valence-electron chi connectivity index (χ0n) is 10.8. The van der Waals surface area contributed by atoms with E-state index in [0.29, 0.717) is 5.56 Å². The van der Waals surface area contributed by atoms with Gasteiger partial charge in [-0.1, -0.05) is 0 Å². The van der Waals surface area contributed by atoms with E-state index in [9.17, 15) is 9.59 Å². The number of carboxylic acids is 1. The summed E-state index contributed by atoms with van der Waals surface area (Å²) in [5, 5.41) is 28.7. The molecule has 0 bridgehead atoms. The van der Waals surface area contributed by atoms with Crippen LogP contribution in [0.3, 0.4) is 0 Å². The fourth-order valence-electron chi connectivity index (χ4n) is 1.57. The highest BCUT2D eigenvalue weighted by molar-refractivity contribution is 5.96. The highest BCUT2D eigenvalue weighted by Crippen LogP contribution is 2.08. The Bertz CT molecular complexity index is 581. The zero-order chi connectivity index (χ0) is 15.1. The molecule has 0 saturated carbocycles. The molecule has 6 heteroatoms. The van der Waals surface area contributed by atoms with Crippen molar-refractivity contribution in [2.75, 3.05) is 0 Å². The van der Waals surface area contributed by atoms with E-state index in [0.717, 1.165) is 0 Å². The van der Waals surface area contributed by atoms with E-state index >= 15 is 0 Å². The van der Waals surface area contributed by atoms with E-state index in [1.165, 1.54) is 24.3 Å². The summed E-state index contributed by atoms with van der Waals surface area (Å²) >= 11 is 0. The molecule has 0 radical (unpaired) electrons. The number of benzene rings is 1. The van der Waals surface area contributed by atoms with Crippen molar-refractivity contribution in [1.82, 2.24) is 5.32 Å². The lowest BCUT2D eigenvalue weighted by atomic mass is 10.0. The van der Waals surface area contributed by atoms with E-state index in [2.05, 4.69) is 5.32 Å². The number of aliphatic carboxylic acids is 1. The van der Waals surface area contributed by atoms with Gasteiger partial charge >= 0.3 is 5.97 Å². The number of carboxylic acid groups (broad SMARTS) is 1. The summed E-state index contributed by atoms with van der Waals surface area (Å²) in [5.41, 5.74) is 0.675. The predicted octanol–water partition coefficient (Wildman–Crippen LogP) is 1.29. The lowest BCUT2D eigenvalue weighted by Gasteiger charge is -2.15. The lowest BCUT2D eigenvalue weighted by Crippen LogP contribution is -2.41. The van der Waals surface area contributed by atoms with E-state index in [1.807, 2.05) is 12.1 Å². The molecule has 1 amide bonds. The average molecular weight is 271 g/mol. The summed E-state index contributed by atoms with van der Waals surface area (Å²) in [6, 6.07) is 8.57. The Balaban J connectivity index is 2.78. The molecule has 1 aromatic rings. The second-order valence-corrected chi connectivity index (χ2v) is 4.32. The molecule has 0 unspecified atom stereocenters. The van der Waals surface area contributed by atoms with E-state index in [-0.39, 0.29) is 12.0 Å². The van der Waals surface area contributed by atoms with Crippen molar-refractivity contribution < 1.29 is 14.7 Å².